The van der Waals surface area contributed by atoms with Gasteiger partial charge in [-0.05, 0) is 47.7 Å². The number of benzene rings is 1. The van der Waals surface area contributed by atoms with Gasteiger partial charge in [0.15, 0.2) is 0 Å². The maximum Gasteiger partial charge on any atom is 0.261 e. The average Bonchev–Trinajstić information content (AvgIpc) is 3.38. The molecule has 0 aliphatic carbocycles. The van der Waals surface area contributed by atoms with E-state index in [2.05, 4.69) is 10.3 Å². The van der Waals surface area contributed by atoms with E-state index in [-0.39, 0.29) is 49.1 Å². The molecule has 1 aromatic carbocycles. The Balaban J connectivity index is 0.00000128. The lowest BCUT2D eigenvalue weighted by molar-refractivity contribution is 0.0642. The van der Waals surface area contributed by atoms with Crippen LogP contribution >= 0.6 is 24.8 Å². The number of hydrogen-bond acceptors (Lipinski definition) is 5. The molecule has 0 saturated carbocycles. The van der Waals surface area contributed by atoms with Crippen molar-refractivity contribution >= 4 is 42.5 Å². The van der Waals surface area contributed by atoms with E-state index in [9.17, 15) is 14.4 Å². The largest absolute Gasteiger partial charge is 0.338 e. The number of aromatic nitrogens is 1. The number of nitrogens with zero attached hydrogens (tertiary/aromatic N) is 3. The molecular formula is C21H22Cl2N4O3. The quantitative estimate of drug-likeness (QED) is 0.726. The van der Waals surface area contributed by atoms with Crippen molar-refractivity contribution in [1.29, 1.82) is 0 Å². The Morgan fingerprint density at radius 2 is 1.60 bits per heavy atom. The number of carbonyl (C=O) groups is 3. The number of pyridine rings is 1. The van der Waals surface area contributed by atoms with Crippen LogP contribution < -0.4 is 5.32 Å². The van der Waals surface area contributed by atoms with Gasteiger partial charge in [-0.2, -0.15) is 0 Å². The predicted molar refractivity (Wildman–Crippen MR) is 115 cm³/mol. The van der Waals surface area contributed by atoms with Crippen molar-refractivity contribution < 1.29 is 14.4 Å². The zero-order valence-electron chi connectivity index (χ0n) is 16.1. The van der Waals surface area contributed by atoms with Gasteiger partial charge < -0.3 is 10.2 Å². The second-order valence-electron chi connectivity index (χ2n) is 7.70. The fourth-order valence-corrected chi connectivity index (χ4v) is 4.44. The number of amides is 3. The highest BCUT2D eigenvalue weighted by molar-refractivity contribution is 6.22. The van der Waals surface area contributed by atoms with Gasteiger partial charge in [0, 0.05) is 44.1 Å². The molecule has 0 radical (unpaired) electrons. The lowest BCUT2D eigenvalue weighted by atomic mass is 10.0. The number of hydrogen-bond donors (Lipinski definition) is 1. The Hall–Kier alpha value is -2.48. The fourth-order valence-electron chi connectivity index (χ4n) is 4.44. The minimum atomic E-state index is -0.353. The maximum absolute atomic E-state index is 12.9. The summed E-state index contributed by atoms with van der Waals surface area (Å²) in [6.07, 6.45) is 3.26. The zero-order valence-corrected chi connectivity index (χ0v) is 17.7. The number of halogens is 2. The van der Waals surface area contributed by atoms with Gasteiger partial charge in [0.25, 0.3) is 17.7 Å². The molecule has 2 fully saturated rings. The van der Waals surface area contributed by atoms with Crippen LogP contribution in [0, 0.1) is 11.8 Å². The molecular weight excluding hydrogens is 427 g/mol. The highest BCUT2D eigenvalue weighted by atomic mass is 35.5. The molecule has 3 aliphatic rings. The zero-order chi connectivity index (χ0) is 19.3. The molecule has 2 atom stereocenters. The molecule has 0 spiro atoms. The van der Waals surface area contributed by atoms with Gasteiger partial charge in [-0.15, -0.1) is 24.8 Å². The second-order valence-corrected chi connectivity index (χ2v) is 7.70. The van der Waals surface area contributed by atoms with E-state index in [4.69, 9.17) is 0 Å². The summed E-state index contributed by atoms with van der Waals surface area (Å²) >= 11 is 0. The van der Waals surface area contributed by atoms with E-state index in [1.807, 2.05) is 4.90 Å². The molecule has 0 bridgehead atoms. The third kappa shape index (κ3) is 3.69. The van der Waals surface area contributed by atoms with Gasteiger partial charge in [-0.3, -0.25) is 24.3 Å². The number of nitrogens with one attached hydrogen (secondary N) is 1. The third-order valence-electron chi connectivity index (χ3n) is 5.98. The molecule has 4 heterocycles. The van der Waals surface area contributed by atoms with Crippen LogP contribution in [0.5, 0.6) is 0 Å². The van der Waals surface area contributed by atoms with Crippen molar-refractivity contribution in [3.8, 4) is 0 Å². The van der Waals surface area contributed by atoms with Crippen LogP contribution in [0.15, 0.2) is 42.7 Å². The highest BCUT2D eigenvalue weighted by Gasteiger charge is 2.40. The summed E-state index contributed by atoms with van der Waals surface area (Å²) in [5, 5.41) is 3.36. The van der Waals surface area contributed by atoms with Crippen LogP contribution in [-0.2, 0) is 6.54 Å². The molecule has 1 aromatic heterocycles. The van der Waals surface area contributed by atoms with Crippen molar-refractivity contribution in [1.82, 2.24) is 20.1 Å². The van der Waals surface area contributed by atoms with Crippen molar-refractivity contribution in [3.63, 3.8) is 0 Å². The van der Waals surface area contributed by atoms with E-state index < -0.39 is 0 Å². The molecule has 30 heavy (non-hydrogen) atoms. The van der Waals surface area contributed by atoms with E-state index in [1.54, 1.807) is 42.7 Å². The molecule has 2 aromatic rings. The topological polar surface area (TPSA) is 82.6 Å². The Kier molecular flexibility index (Phi) is 6.45. The highest BCUT2D eigenvalue weighted by Crippen LogP contribution is 2.29. The lowest BCUT2D eigenvalue weighted by Crippen LogP contribution is -2.32. The van der Waals surface area contributed by atoms with Crippen LogP contribution in [0.1, 0.15) is 36.6 Å². The van der Waals surface area contributed by atoms with Gasteiger partial charge in [0.05, 0.1) is 17.7 Å². The van der Waals surface area contributed by atoms with Gasteiger partial charge in [0.1, 0.15) is 0 Å². The molecule has 0 unspecified atom stereocenters. The minimum Gasteiger partial charge on any atom is -0.338 e. The Labute approximate surface area is 186 Å². The molecule has 158 valence electrons. The van der Waals surface area contributed by atoms with Gasteiger partial charge >= 0.3 is 0 Å². The Morgan fingerprint density at radius 1 is 0.967 bits per heavy atom. The summed E-state index contributed by atoms with van der Waals surface area (Å²) in [6, 6.07) is 8.40. The van der Waals surface area contributed by atoms with Crippen LogP contribution in [0.25, 0.3) is 0 Å². The summed E-state index contributed by atoms with van der Waals surface area (Å²) in [7, 11) is 0. The second kappa shape index (κ2) is 8.71. The van der Waals surface area contributed by atoms with E-state index in [0.717, 1.165) is 31.7 Å². The smallest absolute Gasteiger partial charge is 0.261 e. The van der Waals surface area contributed by atoms with Crippen LogP contribution in [0.4, 0.5) is 0 Å². The number of likely N-dealkylation sites (tertiary alicyclic amines) is 1. The van der Waals surface area contributed by atoms with Crippen molar-refractivity contribution in [2.24, 2.45) is 11.8 Å². The fraction of sp³-hybridized carbons (Fsp3) is 0.333. The average molecular weight is 449 g/mol. The number of imide groups is 1. The molecule has 5 rings (SSSR count). The minimum absolute atomic E-state index is 0. The first-order chi connectivity index (χ1) is 13.6. The van der Waals surface area contributed by atoms with E-state index >= 15 is 0 Å². The monoisotopic (exact) mass is 448 g/mol. The van der Waals surface area contributed by atoms with Gasteiger partial charge in [-0.25, -0.2) is 0 Å². The van der Waals surface area contributed by atoms with Crippen molar-refractivity contribution in [2.45, 2.75) is 6.54 Å². The maximum atomic E-state index is 12.9. The van der Waals surface area contributed by atoms with Gasteiger partial charge in [-0.1, -0.05) is 0 Å². The first kappa shape index (κ1) is 22.2. The first-order valence-corrected chi connectivity index (χ1v) is 9.51. The predicted octanol–water partition coefficient (Wildman–Crippen LogP) is 2.01. The Morgan fingerprint density at radius 3 is 2.27 bits per heavy atom. The standard InChI is InChI=1S/C21H20N4O3.2ClH/c26-19(24-11-15-8-23-9-16(15)12-24)14-1-2-17-18(7-14)21(28)25(20(17)27)10-13-3-5-22-6-4-13;;/h1-7,15-16,23H,8-12H2;2*1H/t15-,16+;;. The van der Waals surface area contributed by atoms with Crippen LogP contribution in [0.2, 0.25) is 0 Å². The Bertz CT molecular complexity index is 973. The van der Waals surface area contributed by atoms with E-state index in [1.165, 1.54) is 4.90 Å². The normalized spacial score (nSPS) is 21.7. The summed E-state index contributed by atoms with van der Waals surface area (Å²) in [5.74, 6) is 0.284. The number of rotatable bonds is 3. The lowest BCUT2D eigenvalue weighted by Gasteiger charge is -2.17. The molecule has 3 amide bonds. The molecule has 7 nitrogen and oxygen atoms in total. The molecule has 3 aliphatic heterocycles. The van der Waals surface area contributed by atoms with Crippen molar-refractivity contribution in [3.05, 3.63) is 65.0 Å². The third-order valence-corrected chi connectivity index (χ3v) is 5.98. The number of fused-ring (bicyclic) bond motifs is 2. The van der Waals surface area contributed by atoms with Crippen molar-refractivity contribution in [2.75, 3.05) is 26.2 Å². The SMILES string of the molecule is Cl.Cl.O=C(c1ccc2c(c1)C(=O)N(Cc1ccncc1)C2=O)N1C[C@H]2CNC[C@H]2C1. The summed E-state index contributed by atoms with van der Waals surface area (Å²) < 4.78 is 0. The molecule has 2 saturated heterocycles. The molecule has 1 N–H and O–H groups in total. The molecule has 9 heteroatoms. The summed E-state index contributed by atoms with van der Waals surface area (Å²) in [6.45, 7) is 3.59. The first-order valence-electron chi connectivity index (χ1n) is 9.51. The van der Waals surface area contributed by atoms with E-state index in [0.29, 0.717) is 28.5 Å². The number of carbonyl (C=O) groups excluding carboxylic acids is 3. The summed E-state index contributed by atoms with van der Waals surface area (Å²) in [4.78, 5) is 45.5. The van der Waals surface area contributed by atoms with Gasteiger partial charge in [0.2, 0.25) is 0 Å². The van der Waals surface area contributed by atoms with Crippen LogP contribution in [0.3, 0.4) is 0 Å². The summed E-state index contributed by atoms with van der Waals surface area (Å²) in [5.41, 5.74) is 1.97. The van der Waals surface area contributed by atoms with Crippen LogP contribution in [-0.4, -0.2) is 58.7 Å².